The molecule has 0 atom stereocenters. The van der Waals surface area contributed by atoms with Gasteiger partial charge in [0, 0.05) is 6.54 Å². The van der Waals surface area contributed by atoms with Gasteiger partial charge >= 0.3 is 5.97 Å². The molecule has 0 heterocycles. The Bertz CT molecular complexity index is 818. The van der Waals surface area contributed by atoms with Crippen molar-refractivity contribution in [3.8, 4) is 0 Å². The number of benzene rings is 2. The second kappa shape index (κ2) is 6.48. The Balaban J connectivity index is 2.27. The highest BCUT2D eigenvalue weighted by atomic mass is 35.5. The first-order valence-electron chi connectivity index (χ1n) is 6.37. The molecular formula is C15H14ClNO4S. The van der Waals surface area contributed by atoms with Crippen molar-refractivity contribution in [3.63, 3.8) is 0 Å². The minimum Gasteiger partial charge on any atom is -0.478 e. The number of halogens is 1. The molecule has 116 valence electrons. The Hall–Kier alpha value is -1.89. The van der Waals surface area contributed by atoms with Gasteiger partial charge in [0.15, 0.2) is 0 Å². The molecule has 0 aliphatic carbocycles. The van der Waals surface area contributed by atoms with Gasteiger partial charge in [0.25, 0.3) is 0 Å². The summed E-state index contributed by atoms with van der Waals surface area (Å²) in [5.41, 5.74) is 1.68. The summed E-state index contributed by atoms with van der Waals surface area (Å²) in [6, 6.07) is 10.9. The van der Waals surface area contributed by atoms with E-state index in [1.807, 2.05) is 25.1 Å². The van der Waals surface area contributed by atoms with E-state index in [-0.39, 0.29) is 22.0 Å². The van der Waals surface area contributed by atoms with Crippen LogP contribution in [0.2, 0.25) is 5.02 Å². The quantitative estimate of drug-likeness (QED) is 0.877. The molecule has 0 aromatic heterocycles. The third kappa shape index (κ3) is 3.85. The summed E-state index contributed by atoms with van der Waals surface area (Å²) in [6.45, 7) is 2.00. The smallest absolute Gasteiger partial charge is 0.335 e. The van der Waals surface area contributed by atoms with Crippen molar-refractivity contribution >= 4 is 27.6 Å². The number of nitrogens with one attached hydrogen (secondary N) is 1. The molecule has 2 N–H and O–H groups in total. The highest BCUT2D eigenvalue weighted by Gasteiger charge is 2.19. The van der Waals surface area contributed by atoms with Crippen molar-refractivity contribution in [1.29, 1.82) is 0 Å². The molecule has 0 saturated carbocycles. The molecule has 0 unspecified atom stereocenters. The summed E-state index contributed by atoms with van der Waals surface area (Å²) in [6.07, 6.45) is 0. The van der Waals surface area contributed by atoms with Crippen molar-refractivity contribution < 1.29 is 18.3 Å². The molecule has 2 aromatic rings. The number of aromatic carboxylic acids is 1. The summed E-state index contributed by atoms with van der Waals surface area (Å²) < 4.78 is 27.0. The van der Waals surface area contributed by atoms with Crippen molar-refractivity contribution in [3.05, 3.63) is 64.2 Å². The third-order valence-corrected chi connectivity index (χ3v) is 4.90. The molecule has 0 radical (unpaired) electrons. The van der Waals surface area contributed by atoms with Crippen molar-refractivity contribution in [2.24, 2.45) is 0 Å². The van der Waals surface area contributed by atoms with Crippen LogP contribution in [-0.4, -0.2) is 19.5 Å². The molecule has 2 aromatic carbocycles. The van der Waals surface area contributed by atoms with Gasteiger partial charge in [-0.15, -0.1) is 0 Å². The minimum absolute atomic E-state index is 0.0262. The maximum absolute atomic E-state index is 12.3. The lowest BCUT2D eigenvalue weighted by molar-refractivity contribution is 0.0696. The highest BCUT2D eigenvalue weighted by Crippen LogP contribution is 2.23. The second-order valence-corrected chi connectivity index (χ2v) is 6.91. The maximum atomic E-state index is 12.3. The largest absolute Gasteiger partial charge is 0.478 e. The molecule has 0 fully saturated rings. The number of sulfonamides is 1. The Morgan fingerprint density at radius 1 is 1.23 bits per heavy atom. The zero-order valence-corrected chi connectivity index (χ0v) is 13.3. The first-order valence-corrected chi connectivity index (χ1v) is 8.24. The highest BCUT2D eigenvalue weighted by molar-refractivity contribution is 7.89. The summed E-state index contributed by atoms with van der Waals surface area (Å²) in [7, 11) is -3.90. The van der Waals surface area contributed by atoms with Crippen LogP contribution in [0.4, 0.5) is 0 Å². The number of hydrogen-bond acceptors (Lipinski definition) is 3. The van der Waals surface area contributed by atoms with Crippen molar-refractivity contribution in [1.82, 2.24) is 4.72 Å². The van der Waals surface area contributed by atoms with Gasteiger partial charge in [-0.05, 0) is 30.7 Å². The third-order valence-electron chi connectivity index (χ3n) is 3.02. The fraction of sp³-hybridized carbons (Fsp3) is 0.133. The fourth-order valence-electron chi connectivity index (χ4n) is 1.92. The van der Waals surface area contributed by atoms with Crippen molar-refractivity contribution in [2.45, 2.75) is 18.4 Å². The Labute approximate surface area is 133 Å². The predicted octanol–water partition coefficient (Wildman–Crippen LogP) is 2.83. The molecule has 7 heteroatoms. The van der Waals surface area contributed by atoms with Crippen LogP contribution in [0.1, 0.15) is 21.5 Å². The summed E-state index contributed by atoms with van der Waals surface area (Å²) >= 11 is 5.88. The fourth-order valence-corrected chi connectivity index (χ4v) is 3.46. The topological polar surface area (TPSA) is 83.5 Å². The van der Waals surface area contributed by atoms with E-state index < -0.39 is 16.0 Å². The molecule has 22 heavy (non-hydrogen) atoms. The van der Waals surface area contributed by atoms with Crippen molar-refractivity contribution in [2.75, 3.05) is 0 Å². The number of hydrogen-bond donors (Lipinski definition) is 2. The molecule has 0 bridgehead atoms. The SMILES string of the molecule is Cc1cccc(CNS(=O)(=O)c2cc(C(=O)O)ccc2Cl)c1. The van der Waals surface area contributed by atoms with E-state index >= 15 is 0 Å². The van der Waals surface area contributed by atoms with Gasteiger partial charge in [-0.1, -0.05) is 41.4 Å². The molecular weight excluding hydrogens is 326 g/mol. The molecule has 0 aliphatic rings. The summed E-state index contributed by atoms with van der Waals surface area (Å²) in [4.78, 5) is 10.7. The zero-order valence-electron chi connectivity index (χ0n) is 11.7. The Morgan fingerprint density at radius 3 is 2.59 bits per heavy atom. The van der Waals surface area contributed by atoms with E-state index in [1.54, 1.807) is 6.07 Å². The van der Waals surface area contributed by atoms with Crippen LogP contribution in [-0.2, 0) is 16.6 Å². The first kappa shape index (κ1) is 16.5. The van der Waals surface area contributed by atoms with Gasteiger partial charge in [-0.25, -0.2) is 17.9 Å². The predicted molar refractivity (Wildman–Crippen MR) is 83.6 cm³/mol. The van der Waals surface area contributed by atoms with Gasteiger partial charge in [-0.2, -0.15) is 0 Å². The number of carboxylic acid groups (broad SMARTS) is 1. The number of carbonyl (C=O) groups is 1. The molecule has 0 spiro atoms. The maximum Gasteiger partial charge on any atom is 0.335 e. The van der Waals surface area contributed by atoms with E-state index in [9.17, 15) is 13.2 Å². The normalized spacial score (nSPS) is 11.4. The van der Waals surface area contributed by atoms with E-state index in [0.717, 1.165) is 17.2 Å². The Kier molecular flexibility index (Phi) is 4.85. The molecule has 0 aliphatic heterocycles. The Morgan fingerprint density at radius 2 is 1.95 bits per heavy atom. The average Bonchev–Trinajstić information content (AvgIpc) is 2.45. The van der Waals surface area contributed by atoms with E-state index in [4.69, 9.17) is 16.7 Å². The van der Waals surface area contributed by atoms with Gasteiger partial charge in [-0.3, -0.25) is 0 Å². The average molecular weight is 340 g/mol. The molecule has 5 nitrogen and oxygen atoms in total. The van der Waals surface area contributed by atoms with Crippen LogP contribution in [0, 0.1) is 6.92 Å². The molecule has 0 amide bonds. The standard InChI is InChI=1S/C15H14ClNO4S/c1-10-3-2-4-11(7-10)9-17-22(20,21)14-8-12(15(18)19)5-6-13(14)16/h2-8,17H,9H2,1H3,(H,18,19). The van der Waals surface area contributed by atoms with Crippen LogP contribution < -0.4 is 4.72 Å². The summed E-state index contributed by atoms with van der Waals surface area (Å²) in [5.74, 6) is -1.22. The molecule has 2 rings (SSSR count). The number of aryl methyl sites for hydroxylation is 1. The van der Waals surface area contributed by atoms with Crippen LogP contribution in [0.3, 0.4) is 0 Å². The van der Waals surface area contributed by atoms with Gasteiger partial charge < -0.3 is 5.11 Å². The minimum atomic E-state index is -3.90. The van der Waals surface area contributed by atoms with E-state index in [0.29, 0.717) is 0 Å². The lowest BCUT2D eigenvalue weighted by atomic mass is 10.1. The first-order chi connectivity index (χ1) is 10.3. The van der Waals surface area contributed by atoms with E-state index in [1.165, 1.54) is 12.1 Å². The zero-order chi connectivity index (χ0) is 16.3. The number of rotatable bonds is 5. The number of carboxylic acids is 1. The van der Waals surface area contributed by atoms with Crippen LogP contribution in [0.5, 0.6) is 0 Å². The lowest BCUT2D eigenvalue weighted by Gasteiger charge is -2.09. The van der Waals surface area contributed by atoms with Crippen LogP contribution >= 0.6 is 11.6 Å². The van der Waals surface area contributed by atoms with Gasteiger partial charge in [0.1, 0.15) is 4.90 Å². The lowest BCUT2D eigenvalue weighted by Crippen LogP contribution is -2.24. The monoisotopic (exact) mass is 339 g/mol. The van der Waals surface area contributed by atoms with E-state index in [2.05, 4.69) is 4.72 Å². The second-order valence-electron chi connectivity index (χ2n) is 4.76. The molecule has 0 saturated heterocycles. The summed E-state index contributed by atoms with van der Waals surface area (Å²) in [5, 5.41) is 8.92. The van der Waals surface area contributed by atoms with Gasteiger partial charge in [0.2, 0.25) is 10.0 Å². The van der Waals surface area contributed by atoms with Crippen LogP contribution in [0.25, 0.3) is 0 Å². The van der Waals surface area contributed by atoms with Gasteiger partial charge in [0.05, 0.1) is 10.6 Å². The van der Waals surface area contributed by atoms with Crippen LogP contribution in [0.15, 0.2) is 47.4 Å².